The van der Waals surface area contributed by atoms with E-state index < -0.39 is 22.9 Å². The van der Waals surface area contributed by atoms with Crippen molar-refractivity contribution in [3.63, 3.8) is 0 Å². The number of hydrogen-bond acceptors (Lipinski definition) is 9. The summed E-state index contributed by atoms with van der Waals surface area (Å²) in [5, 5.41) is 15.0. The Morgan fingerprint density at radius 3 is 2.41 bits per heavy atom. The van der Waals surface area contributed by atoms with E-state index in [1.807, 2.05) is 0 Å². The molecule has 0 bridgehead atoms. The third kappa shape index (κ3) is 7.04. The van der Waals surface area contributed by atoms with Gasteiger partial charge in [-0.1, -0.05) is 28.1 Å². The summed E-state index contributed by atoms with van der Waals surface area (Å²) < 4.78 is 22.0. The Kier molecular flexibility index (Phi) is 9.16. The van der Waals surface area contributed by atoms with Crippen molar-refractivity contribution in [2.24, 2.45) is 5.10 Å². The minimum Gasteiger partial charge on any atom is -0.493 e. The largest absolute Gasteiger partial charge is 0.493 e. The number of halogens is 1. The molecule has 3 rings (SSSR count). The molecule has 0 fully saturated rings. The van der Waals surface area contributed by atoms with Gasteiger partial charge in [-0.3, -0.25) is 14.9 Å². The molecule has 0 aromatic heterocycles. The van der Waals surface area contributed by atoms with Gasteiger partial charge in [-0.05, 0) is 49.4 Å². The van der Waals surface area contributed by atoms with Gasteiger partial charge >= 0.3 is 11.7 Å². The van der Waals surface area contributed by atoms with Gasteiger partial charge in [0, 0.05) is 16.1 Å². The summed E-state index contributed by atoms with van der Waals surface area (Å²) in [6.45, 7) is 1.43. The van der Waals surface area contributed by atoms with Crippen molar-refractivity contribution < 1.29 is 33.5 Å². The topological polar surface area (TPSA) is 139 Å². The minimum atomic E-state index is -1.08. The van der Waals surface area contributed by atoms with Crippen LogP contribution in [0.4, 0.5) is 5.69 Å². The standard InChI is InChI=1S/C25H22BrN3O8/c1-15(36-21-7-5-4-6-19(21)29(32)33)24(30)28-27-14-17-12-18(26)9-11-20(17)37-25(31)16-8-10-22(34-2)23(13-16)35-3/h4-15H,1-3H3,(H,28,30)/b27-14-/t15-/m0/s1. The normalized spacial score (nSPS) is 11.5. The Labute approximate surface area is 220 Å². The second-order valence-corrected chi connectivity index (χ2v) is 8.28. The third-order valence-electron chi connectivity index (χ3n) is 4.91. The number of rotatable bonds is 10. The number of amides is 1. The average molecular weight is 572 g/mol. The summed E-state index contributed by atoms with van der Waals surface area (Å²) in [7, 11) is 2.94. The molecule has 192 valence electrons. The van der Waals surface area contributed by atoms with Crippen LogP contribution in [0, 0.1) is 10.1 Å². The number of methoxy groups -OCH3 is 2. The number of nitro benzene ring substituents is 1. The van der Waals surface area contributed by atoms with E-state index in [4.69, 9.17) is 18.9 Å². The molecule has 0 aliphatic carbocycles. The molecule has 0 unspecified atom stereocenters. The van der Waals surface area contributed by atoms with Crippen LogP contribution in [0.5, 0.6) is 23.0 Å². The first-order chi connectivity index (χ1) is 17.7. The predicted octanol–water partition coefficient (Wildman–Crippen LogP) is 4.51. The Hall–Kier alpha value is -4.45. The lowest BCUT2D eigenvalue weighted by molar-refractivity contribution is -0.386. The zero-order valence-corrected chi connectivity index (χ0v) is 21.6. The molecule has 1 amide bonds. The monoisotopic (exact) mass is 571 g/mol. The summed E-state index contributed by atoms with van der Waals surface area (Å²) >= 11 is 3.35. The molecule has 3 aromatic carbocycles. The second kappa shape index (κ2) is 12.5. The SMILES string of the molecule is COc1ccc(C(=O)Oc2ccc(Br)cc2/C=N\NC(=O)[C@H](C)Oc2ccccc2[N+](=O)[O-])cc1OC. The van der Waals surface area contributed by atoms with Crippen LogP contribution < -0.4 is 24.4 Å². The van der Waals surface area contributed by atoms with Gasteiger partial charge in [0.1, 0.15) is 5.75 Å². The maximum absolute atomic E-state index is 12.7. The molecule has 0 aliphatic rings. The molecule has 0 spiro atoms. The number of hydrogen-bond donors (Lipinski definition) is 1. The second-order valence-electron chi connectivity index (χ2n) is 7.36. The summed E-state index contributed by atoms with van der Waals surface area (Å²) in [6.07, 6.45) is 0.209. The van der Waals surface area contributed by atoms with E-state index in [2.05, 4.69) is 26.5 Å². The number of nitro groups is 1. The molecule has 1 N–H and O–H groups in total. The smallest absolute Gasteiger partial charge is 0.343 e. The highest BCUT2D eigenvalue weighted by atomic mass is 79.9. The van der Waals surface area contributed by atoms with Gasteiger partial charge in [0.15, 0.2) is 23.4 Å². The van der Waals surface area contributed by atoms with E-state index in [0.717, 1.165) is 0 Å². The van der Waals surface area contributed by atoms with Crippen LogP contribution >= 0.6 is 15.9 Å². The summed E-state index contributed by atoms with van der Waals surface area (Å²) in [6, 6.07) is 15.2. The molecule has 0 heterocycles. The maximum Gasteiger partial charge on any atom is 0.343 e. The highest BCUT2D eigenvalue weighted by Gasteiger charge is 2.20. The van der Waals surface area contributed by atoms with Crippen LogP contribution in [0.25, 0.3) is 0 Å². The van der Waals surface area contributed by atoms with Crippen LogP contribution in [-0.2, 0) is 4.79 Å². The lowest BCUT2D eigenvalue weighted by Crippen LogP contribution is -2.33. The summed E-state index contributed by atoms with van der Waals surface area (Å²) in [5.74, 6) is -0.317. The van der Waals surface area contributed by atoms with Crippen molar-refractivity contribution in [2.75, 3.05) is 14.2 Å². The summed E-state index contributed by atoms with van der Waals surface area (Å²) in [5.41, 5.74) is 2.66. The van der Waals surface area contributed by atoms with Gasteiger partial charge in [-0.2, -0.15) is 5.10 Å². The number of nitrogens with one attached hydrogen (secondary N) is 1. The average Bonchev–Trinajstić information content (AvgIpc) is 2.89. The molecular weight excluding hydrogens is 550 g/mol. The lowest BCUT2D eigenvalue weighted by Gasteiger charge is -2.13. The molecule has 12 heteroatoms. The van der Waals surface area contributed by atoms with Gasteiger partial charge in [-0.15, -0.1) is 0 Å². The van der Waals surface area contributed by atoms with Crippen molar-refractivity contribution in [1.29, 1.82) is 0 Å². The van der Waals surface area contributed by atoms with Gasteiger partial charge in [0.05, 0.1) is 30.9 Å². The first-order valence-corrected chi connectivity index (χ1v) is 11.5. The van der Waals surface area contributed by atoms with Crippen LogP contribution in [0.15, 0.2) is 70.2 Å². The Bertz CT molecular complexity index is 1350. The van der Waals surface area contributed by atoms with Crippen molar-refractivity contribution in [1.82, 2.24) is 5.43 Å². The molecule has 0 radical (unpaired) electrons. The molecular formula is C25H22BrN3O8. The highest BCUT2D eigenvalue weighted by molar-refractivity contribution is 9.10. The Morgan fingerprint density at radius 2 is 1.70 bits per heavy atom. The van der Waals surface area contributed by atoms with E-state index in [1.54, 1.807) is 30.3 Å². The predicted molar refractivity (Wildman–Crippen MR) is 138 cm³/mol. The number of ether oxygens (including phenoxy) is 4. The number of hydrazone groups is 1. The zero-order valence-electron chi connectivity index (χ0n) is 20.0. The molecule has 1 atom stereocenters. The van der Waals surface area contributed by atoms with Crippen molar-refractivity contribution in [3.05, 3.63) is 86.4 Å². The molecule has 0 saturated carbocycles. The number of benzene rings is 3. The van der Waals surface area contributed by atoms with E-state index in [9.17, 15) is 19.7 Å². The number of carbonyl (C=O) groups excluding carboxylic acids is 2. The highest BCUT2D eigenvalue weighted by Crippen LogP contribution is 2.29. The quantitative estimate of drug-likeness (QED) is 0.123. The van der Waals surface area contributed by atoms with E-state index in [-0.39, 0.29) is 22.7 Å². The van der Waals surface area contributed by atoms with Crippen molar-refractivity contribution in [2.45, 2.75) is 13.0 Å². The first kappa shape index (κ1) is 27.1. The van der Waals surface area contributed by atoms with E-state index in [0.29, 0.717) is 21.5 Å². The van der Waals surface area contributed by atoms with Crippen molar-refractivity contribution in [3.8, 4) is 23.0 Å². The molecule has 11 nitrogen and oxygen atoms in total. The van der Waals surface area contributed by atoms with Crippen LogP contribution in [-0.4, -0.2) is 43.3 Å². The van der Waals surface area contributed by atoms with Gasteiger partial charge in [0.25, 0.3) is 5.91 Å². The van der Waals surface area contributed by atoms with Gasteiger partial charge in [-0.25, -0.2) is 10.2 Å². The van der Waals surface area contributed by atoms with Gasteiger partial charge in [0.2, 0.25) is 0 Å². The Morgan fingerprint density at radius 1 is 1.00 bits per heavy atom. The van der Waals surface area contributed by atoms with Crippen LogP contribution in [0.2, 0.25) is 0 Å². The minimum absolute atomic E-state index is 0.0459. The van der Waals surface area contributed by atoms with Crippen LogP contribution in [0.3, 0.4) is 0 Å². The molecule has 37 heavy (non-hydrogen) atoms. The lowest BCUT2D eigenvalue weighted by atomic mass is 10.2. The zero-order chi connectivity index (χ0) is 26.9. The van der Waals surface area contributed by atoms with Crippen molar-refractivity contribution >= 4 is 39.7 Å². The van der Waals surface area contributed by atoms with Crippen LogP contribution in [0.1, 0.15) is 22.8 Å². The number of nitrogens with zero attached hydrogens (tertiary/aromatic N) is 2. The first-order valence-electron chi connectivity index (χ1n) is 10.7. The number of carbonyl (C=O) groups is 2. The summed E-state index contributed by atoms with van der Waals surface area (Å²) in [4.78, 5) is 35.7. The molecule has 0 saturated heterocycles. The fraction of sp³-hybridized carbons (Fsp3) is 0.160. The van der Waals surface area contributed by atoms with E-state index in [1.165, 1.54) is 57.7 Å². The maximum atomic E-state index is 12.7. The van der Waals surface area contributed by atoms with E-state index >= 15 is 0 Å². The fourth-order valence-electron chi connectivity index (χ4n) is 3.04. The fourth-order valence-corrected chi connectivity index (χ4v) is 3.42. The Balaban J connectivity index is 1.70. The molecule has 3 aromatic rings. The number of esters is 1. The molecule has 0 aliphatic heterocycles. The third-order valence-corrected chi connectivity index (χ3v) is 5.40. The number of para-hydroxylation sites is 2. The van der Waals surface area contributed by atoms with Gasteiger partial charge < -0.3 is 18.9 Å².